The highest BCUT2D eigenvalue weighted by molar-refractivity contribution is 5.41. The fourth-order valence-electron chi connectivity index (χ4n) is 5.91. The van der Waals surface area contributed by atoms with Gasteiger partial charge in [-0.3, -0.25) is 0 Å². The van der Waals surface area contributed by atoms with Crippen LogP contribution in [0.15, 0.2) is 36.4 Å². The van der Waals surface area contributed by atoms with Gasteiger partial charge in [0.05, 0.1) is 26.2 Å². The zero-order valence-corrected chi connectivity index (χ0v) is 17.5. The molecule has 3 atom stereocenters. The lowest BCUT2D eigenvalue weighted by molar-refractivity contribution is -0.931. The van der Waals surface area contributed by atoms with Crippen molar-refractivity contribution >= 4 is 0 Å². The smallest absolute Gasteiger partial charge is 0.123 e. The minimum atomic E-state index is -0.207. The molecule has 2 aromatic carbocycles. The Morgan fingerprint density at radius 3 is 1.79 bits per heavy atom. The number of nitrogens with zero attached hydrogens (tertiary/aromatic N) is 1. The average Bonchev–Trinajstić information content (AvgIpc) is 2.82. The van der Waals surface area contributed by atoms with Gasteiger partial charge in [-0.05, 0) is 72.7 Å². The van der Waals surface area contributed by atoms with E-state index in [1.165, 1.54) is 37.8 Å². The molecule has 2 aromatic rings. The summed E-state index contributed by atoms with van der Waals surface area (Å²) in [5, 5.41) is 0. The maximum atomic E-state index is 14.1. The minimum Gasteiger partial charge on any atom is -0.324 e. The SMILES string of the molecule is Cc1ccc(F)cc1C(CC1C[C@H]2CC[C@@H](C1)[N+]2(C)C)c1cc(F)ccc1C. The first-order valence-electron chi connectivity index (χ1n) is 10.6. The minimum absolute atomic E-state index is 0.0458. The number of fused-ring (bicyclic) bond motifs is 2. The van der Waals surface area contributed by atoms with Crippen molar-refractivity contribution in [1.82, 2.24) is 0 Å². The molecular formula is C25H32F2N+. The maximum absolute atomic E-state index is 14.1. The molecule has 4 rings (SSSR count). The van der Waals surface area contributed by atoms with Crippen molar-refractivity contribution in [1.29, 1.82) is 0 Å². The van der Waals surface area contributed by atoms with E-state index in [1.54, 1.807) is 12.1 Å². The molecule has 150 valence electrons. The van der Waals surface area contributed by atoms with Gasteiger partial charge in [-0.2, -0.15) is 0 Å². The fraction of sp³-hybridized carbons (Fsp3) is 0.520. The van der Waals surface area contributed by atoms with Gasteiger partial charge < -0.3 is 4.48 Å². The molecule has 3 heteroatoms. The number of rotatable bonds is 4. The van der Waals surface area contributed by atoms with Gasteiger partial charge in [-0.15, -0.1) is 0 Å². The lowest BCUT2D eigenvalue weighted by Crippen LogP contribution is -2.54. The molecule has 0 aliphatic carbocycles. The highest BCUT2D eigenvalue weighted by Crippen LogP contribution is 2.46. The van der Waals surface area contributed by atoms with Crippen LogP contribution in [-0.2, 0) is 0 Å². The van der Waals surface area contributed by atoms with Gasteiger partial charge in [0.15, 0.2) is 0 Å². The van der Waals surface area contributed by atoms with E-state index in [4.69, 9.17) is 0 Å². The Kier molecular flexibility index (Phi) is 5.07. The highest BCUT2D eigenvalue weighted by Gasteiger charge is 2.49. The van der Waals surface area contributed by atoms with E-state index in [1.807, 2.05) is 26.0 Å². The summed E-state index contributed by atoms with van der Waals surface area (Å²) in [7, 11) is 4.76. The molecule has 0 radical (unpaired) electrons. The van der Waals surface area contributed by atoms with Gasteiger partial charge in [-0.1, -0.05) is 12.1 Å². The number of benzene rings is 2. The second kappa shape index (κ2) is 7.26. The van der Waals surface area contributed by atoms with Gasteiger partial charge in [0.25, 0.3) is 0 Å². The molecule has 0 N–H and O–H groups in total. The second-order valence-electron chi connectivity index (χ2n) is 9.64. The summed E-state index contributed by atoms with van der Waals surface area (Å²) in [5.41, 5.74) is 4.20. The van der Waals surface area contributed by atoms with E-state index in [0.29, 0.717) is 5.92 Å². The van der Waals surface area contributed by atoms with Crippen LogP contribution in [0.25, 0.3) is 0 Å². The zero-order valence-electron chi connectivity index (χ0n) is 17.5. The predicted octanol–water partition coefficient (Wildman–Crippen LogP) is 6.12. The largest absolute Gasteiger partial charge is 0.324 e. The van der Waals surface area contributed by atoms with Gasteiger partial charge in [0.2, 0.25) is 0 Å². The van der Waals surface area contributed by atoms with Crippen molar-refractivity contribution < 1.29 is 13.3 Å². The molecular weight excluding hydrogens is 352 g/mol. The summed E-state index contributed by atoms with van der Waals surface area (Å²) in [4.78, 5) is 0. The van der Waals surface area contributed by atoms with Crippen LogP contribution in [0.5, 0.6) is 0 Å². The summed E-state index contributed by atoms with van der Waals surface area (Å²) in [6.07, 6.45) is 6.06. The van der Waals surface area contributed by atoms with E-state index in [0.717, 1.165) is 45.2 Å². The normalized spacial score (nSPS) is 26.0. The summed E-state index contributed by atoms with van der Waals surface area (Å²) >= 11 is 0. The Morgan fingerprint density at radius 2 is 1.32 bits per heavy atom. The molecule has 0 aromatic heterocycles. The summed E-state index contributed by atoms with van der Waals surface area (Å²) in [6.45, 7) is 4.09. The lowest BCUT2D eigenvalue weighted by atomic mass is 9.76. The van der Waals surface area contributed by atoms with Crippen LogP contribution in [-0.4, -0.2) is 30.7 Å². The Morgan fingerprint density at radius 1 is 0.857 bits per heavy atom. The lowest BCUT2D eigenvalue weighted by Gasteiger charge is -2.45. The molecule has 1 nitrogen and oxygen atoms in total. The average molecular weight is 385 g/mol. The first kappa shape index (κ1) is 19.6. The van der Waals surface area contributed by atoms with Crippen molar-refractivity contribution in [3.63, 3.8) is 0 Å². The van der Waals surface area contributed by atoms with Crippen LogP contribution < -0.4 is 0 Å². The summed E-state index contributed by atoms with van der Waals surface area (Å²) in [5.74, 6) is 0.242. The topological polar surface area (TPSA) is 0 Å². The van der Waals surface area contributed by atoms with E-state index in [9.17, 15) is 8.78 Å². The third kappa shape index (κ3) is 3.50. The molecule has 1 unspecified atom stereocenters. The highest BCUT2D eigenvalue weighted by atomic mass is 19.1. The predicted molar refractivity (Wildman–Crippen MR) is 110 cm³/mol. The van der Waals surface area contributed by atoms with Crippen molar-refractivity contribution in [3.05, 3.63) is 70.3 Å². The van der Waals surface area contributed by atoms with Gasteiger partial charge in [0, 0.05) is 31.6 Å². The van der Waals surface area contributed by atoms with Crippen molar-refractivity contribution in [2.75, 3.05) is 14.1 Å². The number of hydrogen-bond acceptors (Lipinski definition) is 0. The van der Waals surface area contributed by atoms with Crippen LogP contribution >= 0.6 is 0 Å². The van der Waals surface area contributed by atoms with Gasteiger partial charge >= 0.3 is 0 Å². The molecule has 28 heavy (non-hydrogen) atoms. The van der Waals surface area contributed by atoms with Crippen LogP contribution in [0.3, 0.4) is 0 Å². The molecule has 2 fully saturated rings. The van der Waals surface area contributed by atoms with E-state index >= 15 is 0 Å². The molecule has 2 aliphatic rings. The zero-order chi connectivity index (χ0) is 20.1. The summed E-state index contributed by atoms with van der Waals surface area (Å²) in [6, 6.07) is 11.6. The molecule has 0 amide bonds. The maximum Gasteiger partial charge on any atom is 0.123 e. The Bertz CT molecular complexity index is 805. The number of hydrogen-bond donors (Lipinski definition) is 0. The molecule has 2 saturated heterocycles. The van der Waals surface area contributed by atoms with Crippen LogP contribution in [0, 0.1) is 31.4 Å². The first-order valence-corrected chi connectivity index (χ1v) is 10.6. The van der Waals surface area contributed by atoms with Crippen molar-refractivity contribution in [2.24, 2.45) is 5.92 Å². The van der Waals surface area contributed by atoms with Crippen molar-refractivity contribution in [3.8, 4) is 0 Å². The number of quaternary nitrogens is 1. The Hall–Kier alpha value is -1.74. The fourth-order valence-corrected chi connectivity index (χ4v) is 5.91. The van der Waals surface area contributed by atoms with E-state index < -0.39 is 0 Å². The number of piperidine rings is 1. The number of halogens is 2. The number of aryl methyl sites for hydroxylation is 2. The molecule has 2 heterocycles. The molecule has 0 spiro atoms. The van der Waals surface area contributed by atoms with E-state index in [2.05, 4.69) is 14.1 Å². The first-order chi connectivity index (χ1) is 13.3. The third-order valence-corrected chi connectivity index (χ3v) is 7.73. The van der Waals surface area contributed by atoms with Crippen molar-refractivity contribution in [2.45, 2.75) is 64.0 Å². The van der Waals surface area contributed by atoms with Crippen LogP contribution in [0.1, 0.15) is 60.3 Å². The molecule has 2 aliphatic heterocycles. The monoisotopic (exact) mass is 384 g/mol. The second-order valence-corrected chi connectivity index (χ2v) is 9.64. The molecule has 0 saturated carbocycles. The van der Waals surface area contributed by atoms with Gasteiger partial charge in [-0.25, -0.2) is 8.78 Å². The van der Waals surface area contributed by atoms with Crippen LogP contribution in [0.4, 0.5) is 8.78 Å². The quantitative estimate of drug-likeness (QED) is 0.557. The van der Waals surface area contributed by atoms with Crippen LogP contribution in [0.2, 0.25) is 0 Å². The van der Waals surface area contributed by atoms with E-state index in [-0.39, 0.29) is 17.6 Å². The molecule has 2 bridgehead atoms. The third-order valence-electron chi connectivity index (χ3n) is 7.73. The standard InChI is InChI=1S/C25H32F2N/c1-16-5-7-19(26)14-23(16)25(24-15-20(27)8-6-17(24)2)13-18-11-21-9-10-22(12-18)28(21,3)4/h5-8,14-15,18,21-22,25H,9-13H2,1-4H3/q+1/t18?,21-,22+. The Labute approximate surface area is 168 Å². The Balaban J connectivity index is 1.70. The van der Waals surface area contributed by atoms with Gasteiger partial charge in [0.1, 0.15) is 11.6 Å². The summed E-state index contributed by atoms with van der Waals surface area (Å²) < 4.78 is 29.4.